The number of amides is 1. The highest BCUT2D eigenvalue weighted by Crippen LogP contribution is 2.19. The predicted molar refractivity (Wildman–Crippen MR) is 75.9 cm³/mol. The van der Waals surface area contributed by atoms with Gasteiger partial charge in [0, 0.05) is 13.0 Å². The van der Waals surface area contributed by atoms with Crippen LogP contribution in [0.3, 0.4) is 0 Å². The highest BCUT2D eigenvalue weighted by atomic mass is 16.5. The Hall–Kier alpha value is -2.04. The standard InChI is InChI=1S/C15H21NO4/c1-11-5-6-12(2)13(10-11)20-9-3-4-14(17)16-8-7-15(18)19/h5-6,10H,3-4,7-9H2,1-2H3,(H,16,17)(H,18,19). The van der Waals surface area contributed by atoms with Gasteiger partial charge in [0.1, 0.15) is 5.75 Å². The van der Waals surface area contributed by atoms with Crippen LogP contribution in [-0.2, 0) is 9.59 Å². The van der Waals surface area contributed by atoms with Gasteiger partial charge in [-0.3, -0.25) is 9.59 Å². The van der Waals surface area contributed by atoms with Crippen molar-refractivity contribution < 1.29 is 19.4 Å². The van der Waals surface area contributed by atoms with Crippen molar-refractivity contribution in [1.29, 1.82) is 0 Å². The number of nitrogens with one attached hydrogen (secondary N) is 1. The van der Waals surface area contributed by atoms with Gasteiger partial charge in [0.05, 0.1) is 13.0 Å². The van der Waals surface area contributed by atoms with Gasteiger partial charge in [-0.25, -0.2) is 0 Å². The molecule has 5 nitrogen and oxygen atoms in total. The molecule has 0 radical (unpaired) electrons. The molecule has 1 amide bonds. The first-order chi connectivity index (χ1) is 9.49. The summed E-state index contributed by atoms with van der Waals surface area (Å²) < 4.78 is 5.64. The molecule has 20 heavy (non-hydrogen) atoms. The predicted octanol–water partition coefficient (Wildman–Crippen LogP) is 2.05. The monoisotopic (exact) mass is 279 g/mol. The number of hydrogen-bond donors (Lipinski definition) is 2. The lowest BCUT2D eigenvalue weighted by molar-refractivity contribution is -0.136. The van der Waals surface area contributed by atoms with Gasteiger partial charge in [0.15, 0.2) is 0 Å². The van der Waals surface area contributed by atoms with Crippen LogP contribution in [0.25, 0.3) is 0 Å². The fourth-order valence-electron chi connectivity index (χ4n) is 1.67. The molecule has 0 aliphatic heterocycles. The summed E-state index contributed by atoms with van der Waals surface area (Å²) in [7, 11) is 0. The Labute approximate surface area is 118 Å². The van der Waals surface area contributed by atoms with Gasteiger partial charge in [-0.2, -0.15) is 0 Å². The Morgan fingerprint density at radius 3 is 2.70 bits per heavy atom. The summed E-state index contributed by atoms with van der Waals surface area (Å²) in [5.41, 5.74) is 2.21. The summed E-state index contributed by atoms with van der Waals surface area (Å²) in [6, 6.07) is 6.00. The number of rotatable bonds is 8. The summed E-state index contributed by atoms with van der Waals surface area (Å²) in [5, 5.41) is 11.0. The zero-order valence-corrected chi connectivity index (χ0v) is 11.9. The van der Waals surface area contributed by atoms with Gasteiger partial charge in [0.2, 0.25) is 5.91 Å². The van der Waals surface area contributed by atoms with Crippen LogP contribution in [0, 0.1) is 13.8 Å². The topological polar surface area (TPSA) is 75.6 Å². The smallest absolute Gasteiger partial charge is 0.305 e. The minimum Gasteiger partial charge on any atom is -0.493 e. The van der Waals surface area contributed by atoms with Crippen molar-refractivity contribution in [2.45, 2.75) is 33.1 Å². The van der Waals surface area contributed by atoms with Crippen LogP contribution in [-0.4, -0.2) is 30.1 Å². The maximum Gasteiger partial charge on any atom is 0.305 e. The average molecular weight is 279 g/mol. The van der Waals surface area contributed by atoms with Gasteiger partial charge in [-0.15, -0.1) is 0 Å². The summed E-state index contributed by atoms with van der Waals surface area (Å²) in [5.74, 6) is -0.212. The zero-order chi connectivity index (χ0) is 15.0. The van der Waals surface area contributed by atoms with E-state index in [1.165, 1.54) is 0 Å². The van der Waals surface area contributed by atoms with Crippen LogP contribution in [0.4, 0.5) is 0 Å². The molecule has 2 N–H and O–H groups in total. The fourth-order valence-corrected chi connectivity index (χ4v) is 1.67. The first-order valence-electron chi connectivity index (χ1n) is 6.67. The van der Waals surface area contributed by atoms with Crippen LogP contribution < -0.4 is 10.1 Å². The lowest BCUT2D eigenvalue weighted by Gasteiger charge is -2.10. The molecule has 0 bridgehead atoms. The number of aliphatic carboxylic acids is 1. The third-order valence-electron chi connectivity index (χ3n) is 2.81. The molecule has 0 fully saturated rings. The molecule has 0 atom stereocenters. The molecule has 0 aromatic heterocycles. The van der Waals surface area contributed by atoms with Crippen molar-refractivity contribution in [1.82, 2.24) is 5.32 Å². The number of benzene rings is 1. The normalized spacial score (nSPS) is 10.1. The first-order valence-corrected chi connectivity index (χ1v) is 6.67. The molecule has 0 saturated heterocycles. The number of aryl methyl sites for hydroxylation is 2. The molecule has 1 aromatic rings. The lowest BCUT2D eigenvalue weighted by atomic mass is 10.1. The maximum atomic E-state index is 11.4. The SMILES string of the molecule is Cc1ccc(C)c(OCCCC(=O)NCCC(=O)O)c1. The van der Waals surface area contributed by atoms with Crippen LogP contribution in [0.5, 0.6) is 5.75 Å². The highest BCUT2D eigenvalue weighted by molar-refractivity contribution is 5.76. The second kappa shape index (κ2) is 8.19. The zero-order valence-electron chi connectivity index (χ0n) is 11.9. The molecular weight excluding hydrogens is 258 g/mol. The molecule has 0 saturated carbocycles. The number of carbonyl (C=O) groups excluding carboxylic acids is 1. The van der Waals surface area contributed by atoms with E-state index < -0.39 is 5.97 Å². The second-order valence-corrected chi connectivity index (χ2v) is 4.71. The van der Waals surface area contributed by atoms with Crippen molar-refractivity contribution in [2.24, 2.45) is 0 Å². The third-order valence-corrected chi connectivity index (χ3v) is 2.81. The largest absolute Gasteiger partial charge is 0.493 e. The summed E-state index contributed by atoms with van der Waals surface area (Å²) in [4.78, 5) is 21.7. The molecular formula is C15H21NO4. The minimum atomic E-state index is -0.913. The summed E-state index contributed by atoms with van der Waals surface area (Å²) in [6.07, 6.45) is 0.890. The van der Waals surface area contributed by atoms with Crippen molar-refractivity contribution in [3.8, 4) is 5.75 Å². The van der Waals surface area contributed by atoms with Gasteiger partial charge < -0.3 is 15.2 Å². The number of carbonyl (C=O) groups is 2. The molecule has 0 aliphatic carbocycles. The summed E-state index contributed by atoms with van der Waals surface area (Å²) in [6.45, 7) is 4.62. The fraction of sp³-hybridized carbons (Fsp3) is 0.467. The minimum absolute atomic E-state index is 0.0509. The van der Waals surface area contributed by atoms with E-state index in [9.17, 15) is 9.59 Å². The van der Waals surface area contributed by atoms with Gasteiger partial charge in [0.25, 0.3) is 0 Å². The second-order valence-electron chi connectivity index (χ2n) is 4.71. The van der Waals surface area contributed by atoms with Crippen molar-refractivity contribution >= 4 is 11.9 Å². The lowest BCUT2D eigenvalue weighted by Crippen LogP contribution is -2.26. The molecule has 1 rings (SSSR count). The highest BCUT2D eigenvalue weighted by Gasteiger charge is 2.04. The summed E-state index contributed by atoms with van der Waals surface area (Å²) >= 11 is 0. The Morgan fingerprint density at radius 1 is 1.25 bits per heavy atom. The van der Waals surface area contributed by atoms with Crippen molar-refractivity contribution in [3.63, 3.8) is 0 Å². The molecule has 0 aliphatic rings. The van der Waals surface area contributed by atoms with Crippen LogP contribution in [0.1, 0.15) is 30.4 Å². The number of ether oxygens (including phenoxy) is 1. The number of hydrogen-bond acceptors (Lipinski definition) is 3. The van der Waals surface area contributed by atoms with Crippen LogP contribution >= 0.6 is 0 Å². The first kappa shape index (κ1) is 16.0. The van der Waals surface area contributed by atoms with Gasteiger partial charge in [-0.1, -0.05) is 12.1 Å². The Morgan fingerprint density at radius 2 is 2.00 bits per heavy atom. The average Bonchev–Trinajstić information content (AvgIpc) is 2.38. The van der Waals surface area contributed by atoms with Gasteiger partial charge in [-0.05, 0) is 37.5 Å². The van der Waals surface area contributed by atoms with E-state index in [-0.39, 0.29) is 18.9 Å². The molecule has 5 heteroatoms. The van der Waals surface area contributed by atoms with E-state index in [1.54, 1.807) is 0 Å². The molecule has 0 spiro atoms. The van der Waals surface area contributed by atoms with Crippen molar-refractivity contribution in [2.75, 3.05) is 13.2 Å². The van der Waals surface area contributed by atoms with E-state index in [1.807, 2.05) is 32.0 Å². The van der Waals surface area contributed by atoms with E-state index in [0.717, 1.165) is 16.9 Å². The van der Waals surface area contributed by atoms with Gasteiger partial charge >= 0.3 is 5.97 Å². The maximum absolute atomic E-state index is 11.4. The Balaban J connectivity index is 2.19. The van der Waals surface area contributed by atoms with Crippen LogP contribution in [0.15, 0.2) is 18.2 Å². The van der Waals surface area contributed by atoms with Crippen LogP contribution in [0.2, 0.25) is 0 Å². The molecule has 110 valence electrons. The van der Waals surface area contributed by atoms with E-state index in [4.69, 9.17) is 9.84 Å². The van der Waals surface area contributed by atoms with E-state index in [0.29, 0.717) is 19.4 Å². The Kier molecular flexibility index (Phi) is 6.56. The number of carboxylic acids is 1. The quantitative estimate of drug-likeness (QED) is 0.714. The van der Waals surface area contributed by atoms with Crippen molar-refractivity contribution in [3.05, 3.63) is 29.3 Å². The Bertz CT molecular complexity index is 471. The molecule has 1 aromatic carbocycles. The van der Waals surface area contributed by atoms with E-state index in [2.05, 4.69) is 5.32 Å². The number of carboxylic acid groups (broad SMARTS) is 1. The third kappa shape index (κ3) is 6.22. The molecule has 0 heterocycles. The van der Waals surface area contributed by atoms with E-state index >= 15 is 0 Å². The molecule has 0 unspecified atom stereocenters.